The second-order valence-corrected chi connectivity index (χ2v) is 1.20. The van der Waals surface area contributed by atoms with Crippen molar-refractivity contribution >= 4 is 0 Å². The van der Waals surface area contributed by atoms with Gasteiger partial charge in [0.2, 0.25) is 0 Å². The van der Waals surface area contributed by atoms with Gasteiger partial charge in [0.05, 0.1) is 6.61 Å². The molecule has 2 heteroatoms. The van der Waals surface area contributed by atoms with E-state index in [4.69, 9.17) is 11.7 Å². The number of methoxy groups -OCH3 is 1. The van der Waals surface area contributed by atoms with E-state index in [1.54, 1.807) is 7.11 Å². The molecule has 0 saturated heterocycles. The van der Waals surface area contributed by atoms with Crippen LogP contribution in [0.5, 0.6) is 0 Å². The Morgan fingerprint density at radius 2 is 2.43 bits per heavy atom. The monoisotopic (exact) mass is 101 g/mol. The third-order valence-electron chi connectivity index (χ3n) is 0.627. The van der Waals surface area contributed by atoms with E-state index in [1.807, 2.05) is 0 Å². The Bertz CT molecular complexity index is 27.3. The number of rotatable bonds is 4. The fourth-order valence-electron chi connectivity index (χ4n) is 0.276. The molecule has 0 aromatic carbocycles. The van der Waals surface area contributed by atoms with Gasteiger partial charge in [0.1, 0.15) is 0 Å². The highest BCUT2D eigenvalue weighted by molar-refractivity contribution is 4.44. The second-order valence-electron chi connectivity index (χ2n) is 1.20. The molecule has 0 bridgehead atoms. The van der Waals surface area contributed by atoms with Crippen molar-refractivity contribution in [2.75, 3.05) is 26.8 Å². The molecule has 2 radical (unpaired) electrons. The average Bonchev–Trinajstić information content (AvgIpc) is 1.69. The van der Waals surface area contributed by atoms with Gasteiger partial charge < -0.3 is 10.1 Å². The molecule has 0 spiro atoms. The molecular weight excluding hydrogens is 90.1 g/mol. The smallest absolute Gasteiger partial charge is 0.0587 e. The normalized spacial score (nSPS) is 9.43. The summed E-state index contributed by atoms with van der Waals surface area (Å²) < 4.78 is 4.73. The van der Waals surface area contributed by atoms with Crippen molar-refractivity contribution in [1.82, 2.24) is 5.32 Å². The zero-order chi connectivity index (χ0) is 5.54. The third kappa shape index (κ3) is 5.92. The van der Waals surface area contributed by atoms with Crippen LogP contribution in [0.25, 0.3) is 0 Å². The van der Waals surface area contributed by atoms with Gasteiger partial charge in [0.15, 0.2) is 0 Å². The van der Waals surface area contributed by atoms with Crippen molar-refractivity contribution in [3.63, 3.8) is 0 Å². The Hall–Kier alpha value is -0.0800. The fraction of sp³-hybridized carbons (Fsp3) is 0.800. The third-order valence-corrected chi connectivity index (χ3v) is 0.627. The summed E-state index contributed by atoms with van der Waals surface area (Å²) in [5.41, 5.74) is 0. The molecule has 7 heavy (non-hydrogen) atoms. The fourth-order valence-corrected chi connectivity index (χ4v) is 0.276. The Balaban J connectivity index is 2.45. The molecular formula is C5H11NO. The van der Waals surface area contributed by atoms with Gasteiger partial charge in [-0.05, 0) is 13.5 Å². The van der Waals surface area contributed by atoms with Crippen LogP contribution in [0.3, 0.4) is 0 Å². The molecule has 0 unspecified atom stereocenters. The summed E-state index contributed by atoms with van der Waals surface area (Å²) in [7, 11) is 1.66. The van der Waals surface area contributed by atoms with Crippen LogP contribution in [0.4, 0.5) is 0 Å². The molecule has 0 fully saturated rings. The minimum Gasteiger partial charge on any atom is -0.383 e. The van der Waals surface area contributed by atoms with Gasteiger partial charge in [-0.1, -0.05) is 0 Å². The molecule has 0 amide bonds. The lowest BCUT2D eigenvalue weighted by Gasteiger charge is -1.96. The molecule has 0 saturated carbocycles. The number of nitrogens with one attached hydrogen (secondary N) is 1. The van der Waals surface area contributed by atoms with Gasteiger partial charge in [-0.3, -0.25) is 0 Å². The van der Waals surface area contributed by atoms with E-state index in [0.717, 1.165) is 13.2 Å². The van der Waals surface area contributed by atoms with Crippen LogP contribution in [0.2, 0.25) is 0 Å². The zero-order valence-electron chi connectivity index (χ0n) is 4.61. The maximum atomic E-state index is 5.10. The summed E-state index contributed by atoms with van der Waals surface area (Å²) in [6.45, 7) is 7.21. The molecule has 0 aliphatic heterocycles. The molecule has 2 nitrogen and oxygen atoms in total. The van der Waals surface area contributed by atoms with Crippen molar-refractivity contribution in [2.45, 2.75) is 0 Å². The highest BCUT2D eigenvalue weighted by Gasteiger charge is 1.77. The van der Waals surface area contributed by atoms with Gasteiger partial charge in [-0.15, -0.1) is 0 Å². The van der Waals surface area contributed by atoms with E-state index < -0.39 is 0 Å². The Kier molecular flexibility index (Phi) is 5.85. The van der Waals surface area contributed by atoms with Crippen LogP contribution in [-0.4, -0.2) is 26.8 Å². The number of hydrogen-bond acceptors (Lipinski definition) is 2. The van der Waals surface area contributed by atoms with Gasteiger partial charge in [-0.25, -0.2) is 0 Å². The Morgan fingerprint density at radius 3 is 2.86 bits per heavy atom. The van der Waals surface area contributed by atoms with Crippen molar-refractivity contribution < 1.29 is 4.74 Å². The highest BCUT2D eigenvalue weighted by Crippen LogP contribution is 1.60. The molecule has 0 aliphatic rings. The van der Waals surface area contributed by atoms with Crippen LogP contribution >= 0.6 is 0 Å². The van der Waals surface area contributed by atoms with Gasteiger partial charge in [0, 0.05) is 13.7 Å². The number of hydrogen-bond donors (Lipinski definition) is 1. The summed E-state index contributed by atoms with van der Waals surface area (Å²) in [5.74, 6) is 0. The first-order chi connectivity index (χ1) is 3.41. The largest absolute Gasteiger partial charge is 0.383 e. The first kappa shape index (κ1) is 6.92. The summed E-state index contributed by atoms with van der Waals surface area (Å²) in [6.07, 6.45) is 0. The predicted octanol–water partition coefficient (Wildman–Crippen LogP) is -0.0665. The summed E-state index contributed by atoms with van der Waals surface area (Å²) in [6, 6.07) is 0. The van der Waals surface area contributed by atoms with Crippen molar-refractivity contribution in [2.24, 2.45) is 0 Å². The van der Waals surface area contributed by atoms with Crippen LogP contribution in [0, 0.1) is 6.92 Å². The van der Waals surface area contributed by atoms with Crippen LogP contribution < -0.4 is 5.32 Å². The first-order valence-corrected chi connectivity index (χ1v) is 2.31. The Labute approximate surface area is 44.9 Å². The lowest BCUT2D eigenvalue weighted by Crippen LogP contribution is -2.18. The first-order valence-electron chi connectivity index (χ1n) is 2.31. The topological polar surface area (TPSA) is 21.3 Å². The standard InChI is InChI=1S/C5H11NO/c1-3-6-4-5-7-2/h1,6H,3-5H2,2H3. The van der Waals surface area contributed by atoms with E-state index in [-0.39, 0.29) is 0 Å². The van der Waals surface area contributed by atoms with E-state index in [9.17, 15) is 0 Å². The molecule has 0 atom stereocenters. The SMILES string of the molecule is [CH]CNCCOC. The molecule has 0 aromatic heterocycles. The van der Waals surface area contributed by atoms with Gasteiger partial charge in [0.25, 0.3) is 0 Å². The molecule has 0 rings (SSSR count). The Morgan fingerprint density at radius 1 is 1.71 bits per heavy atom. The van der Waals surface area contributed by atoms with Crippen molar-refractivity contribution in [3.05, 3.63) is 6.92 Å². The molecule has 42 valence electrons. The lowest BCUT2D eigenvalue weighted by atomic mass is 10.6. The molecule has 0 aromatic rings. The lowest BCUT2D eigenvalue weighted by molar-refractivity contribution is 0.200. The molecule has 1 N–H and O–H groups in total. The van der Waals surface area contributed by atoms with Crippen LogP contribution in [0.1, 0.15) is 0 Å². The summed E-state index contributed by atoms with van der Waals surface area (Å²) in [5, 5.41) is 2.90. The predicted molar refractivity (Wildman–Crippen MR) is 29.0 cm³/mol. The maximum absolute atomic E-state index is 5.10. The maximum Gasteiger partial charge on any atom is 0.0587 e. The summed E-state index contributed by atoms with van der Waals surface area (Å²) >= 11 is 0. The molecule has 0 aliphatic carbocycles. The van der Waals surface area contributed by atoms with Crippen LogP contribution in [0.15, 0.2) is 0 Å². The number of ether oxygens (including phenoxy) is 1. The summed E-state index contributed by atoms with van der Waals surface area (Å²) in [4.78, 5) is 0. The van der Waals surface area contributed by atoms with E-state index in [2.05, 4.69) is 5.32 Å². The highest BCUT2D eigenvalue weighted by atomic mass is 16.5. The van der Waals surface area contributed by atoms with E-state index in [0.29, 0.717) is 6.54 Å². The van der Waals surface area contributed by atoms with Crippen LogP contribution in [-0.2, 0) is 4.74 Å². The van der Waals surface area contributed by atoms with Crippen molar-refractivity contribution in [1.29, 1.82) is 0 Å². The minimum absolute atomic E-state index is 0.531. The van der Waals surface area contributed by atoms with E-state index >= 15 is 0 Å². The average molecular weight is 101 g/mol. The quantitative estimate of drug-likeness (QED) is 0.501. The zero-order valence-corrected chi connectivity index (χ0v) is 4.61. The van der Waals surface area contributed by atoms with Gasteiger partial charge in [-0.2, -0.15) is 0 Å². The molecule has 0 heterocycles. The van der Waals surface area contributed by atoms with Crippen molar-refractivity contribution in [3.8, 4) is 0 Å². The van der Waals surface area contributed by atoms with Gasteiger partial charge >= 0.3 is 0 Å². The minimum atomic E-state index is 0.531. The van der Waals surface area contributed by atoms with E-state index in [1.165, 1.54) is 0 Å². The second kappa shape index (κ2) is 5.92.